The molecule has 0 unspecified atom stereocenters. The largest absolute Gasteiger partial charge is 0.490 e. The van der Waals surface area contributed by atoms with Crippen LogP contribution < -0.4 is 19.1 Å². The maximum atomic E-state index is 12.5. The molecule has 0 saturated carbocycles. The van der Waals surface area contributed by atoms with E-state index in [0.717, 1.165) is 12.0 Å². The Morgan fingerprint density at radius 3 is 2.31 bits per heavy atom. The van der Waals surface area contributed by atoms with Crippen LogP contribution in [0.3, 0.4) is 0 Å². The van der Waals surface area contributed by atoms with E-state index in [1.165, 1.54) is 30.5 Å². The Labute approximate surface area is 205 Å². The van der Waals surface area contributed by atoms with E-state index >= 15 is 0 Å². The van der Waals surface area contributed by atoms with Crippen molar-refractivity contribution >= 4 is 22.2 Å². The molecule has 0 fully saturated rings. The van der Waals surface area contributed by atoms with Gasteiger partial charge in [-0.2, -0.15) is 13.5 Å². The lowest BCUT2D eigenvalue weighted by atomic mass is 10.2. The van der Waals surface area contributed by atoms with Gasteiger partial charge >= 0.3 is 10.1 Å². The highest BCUT2D eigenvalue weighted by Crippen LogP contribution is 2.28. The van der Waals surface area contributed by atoms with Gasteiger partial charge in [-0.15, -0.1) is 0 Å². The van der Waals surface area contributed by atoms with Crippen molar-refractivity contribution in [2.75, 3.05) is 13.2 Å². The molecule has 3 aromatic rings. The van der Waals surface area contributed by atoms with Crippen molar-refractivity contribution in [1.82, 2.24) is 5.43 Å². The second kappa shape index (κ2) is 12.0. The molecule has 1 N–H and O–H groups in total. The lowest BCUT2D eigenvalue weighted by molar-refractivity contribution is 0.0954. The van der Waals surface area contributed by atoms with Crippen LogP contribution in [0, 0.1) is 6.92 Å². The molecule has 0 spiro atoms. The molecule has 184 valence electrons. The zero-order valence-corrected chi connectivity index (χ0v) is 20.7. The van der Waals surface area contributed by atoms with E-state index in [9.17, 15) is 13.2 Å². The number of ether oxygens (including phenoxy) is 2. The number of rotatable bonds is 11. The van der Waals surface area contributed by atoms with Gasteiger partial charge in [0.2, 0.25) is 0 Å². The average Bonchev–Trinajstić information content (AvgIpc) is 2.84. The van der Waals surface area contributed by atoms with E-state index < -0.39 is 16.0 Å². The van der Waals surface area contributed by atoms with Gasteiger partial charge < -0.3 is 13.7 Å². The van der Waals surface area contributed by atoms with Gasteiger partial charge in [0.25, 0.3) is 5.91 Å². The first kappa shape index (κ1) is 25.8. The highest BCUT2D eigenvalue weighted by atomic mass is 32.2. The smallest absolute Gasteiger partial charge is 0.339 e. The fourth-order valence-corrected chi connectivity index (χ4v) is 3.90. The highest BCUT2D eigenvalue weighted by Gasteiger charge is 2.16. The minimum atomic E-state index is -3.93. The average molecular weight is 497 g/mol. The standard InChI is InChI=1S/C26H28N2O6S/c1-4-16-33-24-15-10-21(17-25(24)32-5-2)26(29)28-27-18-20-8-11-22(12-9-20)34-35(30,31)23-13-6-19(3)7-14-23/h6-15,17-18H,4-5,16H2,1-3H3,(H,28,29)/b27-18+. The van der Waals surface area contributed by atoms with Crippen LogP contribution >= 0.6 is 0 Å². The molecule has 0 saturated heterocycles. The van der Waals surface area contributed by atoms with Gasteiger partial charge in [0.05, 0.1) is 19.4 Å². The molecule has 0 aliphatic carbocycles. The summed E-state index contributed by atoms with van der Waals surface area (Å²) in [5.74, 6) is 0.836. The number of carbonyl (C=O) groups is 1. The van der Waals surface area contributed by atoms with Gasteiger partial charge in [0, 0.05) is 5.56 Å². The summed E-state index contributed by atoms with van der Waals surface area (Å²) in [6.45, 7) is 6.73. The van der Waals surface area contributed by atoms with Crippen molar-refractivity contribution in [3.8, 4) is 17.2 Å². The molecular formula is C26H28N2O6S. The van der Waals surface area contributed by atoms with E-state index in [0.29, 0.717) is 35.8 Å². The van der Waals surface area contributed by atoms with Crippen molar-refractivity contribution in [2.24, 2.45) is 5.10 Å². The summed E-state index contributed by atoms with van der Waals surface area (Å²) in [6, 6.07) is 17.6. The Balaban J connectivity index is 1.61. The summed E-state index contributed by atoms with van der Waals surface area (Å²) >= 11 is 0. The molecule has 0 atom stereocenters. The minimum absolute atomic E-state index is 0.0777. The molecule has 0 aromatic heterocycles. The molecule has 0 radical (unpaired) electrons. The third kappa shape index (κ3) is 7.31. The van der Waals surface area contributed by atoms with Crippen LogP contribution in [0.4, 0.5) is 0 Å². The Bertz CT molecular complexity index is 1270. The van der Waals surface area contributed by atoms with Crippen LogP contribution in [0.1, 0.15) is 41.8 Å². The molecule has 9 heteroatoms. The van der Waals surface area contributed by atoms with Crippen molar-refractivity contribution in [2.45, 2.75) is 32.1 Å². The Morgan fingerprint density at radius 2 is 1.66 bits per heavy atom. The van der Waals surface area contributed by atoms with E-state index in [1.54, 1.807) is 42.5 Å². The molecule has 3 rings (SSSR count). The van der Waals surface area contributed by atoms with Gasteiger partial charge in [0.15, 0.2) is 11.5 Å². The van der Waals surface area contributed by atoms with Gasteiger partial charge in [-0.25, -0.2) is 5.43 Å². The van der Waals surface area contributed by atoms with Crippen LogP contribution in [0.2, 0.25) is 0 Å². The van der Waals surface area contributed by atoms with Crippen LogP contribution in [0.15, 0.2) is 76.7 Å². The third-order valence-electron chi connectivity index (χ3n) is 4.74. The van der Waals surface area contributed by atoms with Gasteiger partial charge in [-0.3, -0.25) is 4.79 Å². The van der Waals surface area contributed by atoms with Crippen LogP contribution in [0.5, 0.6) is 17.2 Å². The normalized spacial score (nSPS) is 11.3. The first-order valence-corrected chi connectivity index (χ1v) is 12.6. The first-order valence-electron chi connectivity index (χ1n) is 11.2. The number of nitrogens with one attached hydrogen (secondary N) is 1. The predicted octanol–water partition coefficient (Wildman–Crippen LogP) is 4.71. The number of hydrogen-bond acceptors (Lipinski definition) is 7. The molecule has 35 heavy (non-hydrogen) atoms. The van der Waals surface area contributed by atoms with Crippen molar-refractivity contribution in [3.63, 3.8) is 0 Å². The number of aryl methyl sites for hydroxylation is 1. The Morgan fingerprint density at radius 1 is 0.943 bits per heavy atom. The molecule has 0 aliphatic rings. The zero-order valence-electron chi connectivity index (χ0n) is 19.9. The van der Waals surface area contributed by atoms with E-state index in [1.807, 2.05) is 20.8 Å². The van der Waals surface area contributed by atoms with Crippen LogP contribution in [-0.2, 0) is 10.1 Å². The van der Waals surface area contributed by atoms with Crippen LogP contribution in [-0.4, -0.2) is 33.8 Å². The summed E-state index contributed by atoms with van der Waals surface area (Å²) in [5, 5.41) is 3.97. The zero-order chi connectivity index (χ0) is 25.3. The van der Waals surface area contributed by atoms with Crippen LogP contribution in [0.25, 0.3) is 0 Å². The number of amides is 1. The van der Waals surface area contributed by atoms with Crippen molar-refractivity contribution in [3.05, 3.63) is 83.4 Å². The van der Waals surface area contributed by atoms with Crippen molar-refractivity contribution < 1.29 is 26.9 Å². The summed E-state index contributed by atoms with van der Waals surface area (Å²) < 4.78 is 41.2. The molecule has 0 aliphatic heterocycles. The van der Waals surface area contributed by atoms with Gasteiger partial charge in [-0.05, 0) is 80.4 Å². The van der Waals surface area contributed by atoms with E-state index in [4.69, 9.17) is 13.7 Å². The fraction of sp³-hybridized carbons (Fsp3) is 0.231. The Hall–Kier alpha value is -3.85. The fourth-order valence-electron chi connectivity index (χ4n) is 2.97. The second-order valence-electron chi connectivity index (χ2n) is 7.56. The molecule has 8 nitrogen and oxygen atoms in total. The lowest BCUT2D eigenvalue weighted by Crippen LogP contribution is -2.17. The topological polar surface area (TPSA) is 103 Å². The number of nitrogens with zero attached hydrogens (tertiary/aromatic N) is 1. The predicted molar refractivity (Wildman–Crippen MR) is 134 cm³/mol. The summed E-state index contributed by atoms with van der Waals surface area (Å²) in [7, 11) is -3.93. The molecule has 1 amide bonds. The summed E-state index contributed by atoms with van der Waals surface area (Å²) in [6.07, 6.45) is 2.30. The molecule has 0 bridgehead atoms. The van der Waals surface area contributed by atoms with Gasteiger partial charge in [-0.1, -0.05) is 24.6 Å². The van der Waals surface area contributed by atoms with Crippen molar-refractivity contribution in [1.29, 1.82) is 0 Å². The molecule has 3 aromatic carbocycles. The van der Waals surface area contributed by atoms with E-state index in [2.05, 4.69) is 10.5 Å². The highest BCUT2D eigenvalue weighted by molar-refractivity contribution is 7.87. The monoisotopic (exact) mass is 496 g/mol. The van der Waals surface area contributed by atoms with Gasteiger partial charge in [0.1, 0.15) is 10.6 Å². The maximum absolute atomic E-state index is 12.5. The Kier molecular flexibility index (Phi) is 8.86. The summed E-state index contributed by atoms with van der Waals surface area (Å²) in [5.41, 5.74) is 4.43. The first-order chi connectivity index (χ1) is 16.8. The molecular weight excluding hydrogens is 468 g/mol. The number of hydrogen-bond donors (Lipinski definition) is 1. The summed E-state index contributed by atoms with van der Waals surface area (Å²) in [4.78, 5) is 12.6. The second-order valence-corrected chi connectivity index (χ2v) is 9.11. The number of benzene rings is 3. The van der Waals surface area contributed by atoms with E-state index in [-0.39, 0.29) is 10.6 Å². The third-order valence-corrected chi connectivity index (χ3v) is 6.00. The minimum Gasteiger partial charge on any atom is -0.490 e. The number of carbonyl (C=O) groups excluding carboxylic acids is 1. The molecule has 0 heterocycles. The quantitative estimate of drug-likeness (QED) is 0.234. The lowest BCUT2D eigenvalue weighted by Gasteiger charge is -2.12. The number of hydrazone groups is 1. The maximum Gasteiger partial charge on any atom is 0.339 e. The SMILES string of the molecule is CCCOc1ccc(C(=O)N/N=C/c2ccc(OS(=O)(=O)c3ccc(C)cc3)cc2)cc1OCC.